The molecule has 1 saturated carbocycles. The Bertz CT molecular complexity index is 1450. The molecule has 0 atom stereocenters. The number of benzene rings is 3. The molecule has 9 nitrogen and oxygen atoms in total. The highest BCUT2D eigenvalue weighted by atomic mass is 16.5. The van der Waals surface area contributed by atoms with Gasteiger partial charge in [0.2, 0.25) is 6.41 Å². The van der Waals surface area contributed by atoms with E-state index in [1.165, 1.54) is 0 Å². The van der Waals surface area contributed by atoms with E-state index >= 15 is 0 Å². The molecule has 9 heteroatoms. The number of carbonyl (C=O) groups excluding carboxylic acids is 4. The van der Waals surface area contributed by atoms with Crippen LogP contribution in [0.25, 0.3) is 0 Å². The summed E-state index contributed by atoms with van der Waals surface area (Å²) in [5, 5.41) is 5.67. The highest BCUT2D eigenvalue weighted by Gasteiger charge is 2.33. The number of anilines is 2. The van der Waals surface area contributed by atoms with Crippen molar-refractivity contribution < 1.29 is 23.9 Å². The smallest absolute Gasteiger partial charge is 0.262 e. The Labute approximate surface area is 219 Å². The van der Waals surface area contributed by atoms with Crippen molar-refractivity contribution in [3.63, 3.8) is 0 Å². The predicted octanol–water partition coefficient (Wildman–Crippen LogP) is 3.55. The molecule has 2 aliphatic heterocycles. The molecule has 1 aliphatic carbocycles. The maximum Gasteiger partial charge on any atom is 0.262 e. The fraction of sp³-hybridized carbons (Fsp3) is 0.241. The zero-order valence-electron chi connectivity index (χ0n) is 20.6. The van der Waals surface area contributed by atoms with Gasteiger partial charge < -0.3 is 25.2 Å². The molecule has 0 bridgehead atoms. The summed E-state index contributed by atoms with van der Waals surface area (Å²) in [5.74, 6) is -0.0436. The number of hydrogen-bond acceptors (Lipinski definition) is 5. The summed E-state index contributed by atoms with van der Waals surface area (Å²) in [6.07, 6.45) is 2.74. The van der Waals surface area contributed by atoms with Crippen molar-refractivity contribution in [1.82, 2.24) is 9.80 Å². The monoisotopic (exact) mass is 510 g/mol. The lowest BCUT2D eigenvalue weighted by Gasteiger charge is -2.24. The van der Waals surface area contributed by atoms with Crippen LogP contribution in [-0.4, -0.2) is 46.6 Å². The number of carbonyl (C=O) groups is 4. The molecule has 0 spiro atoms. The molecule has 38 heavy (non-hydrogen) atoms. The fourth-order valence-corrected chi connectivity index (χ4v) is 4.86. The number of ether oxygens (including phenoxy) is 1. The van der Waals surface area contributed by atoms with Crippen LogP contribution in [-0.2, 0) is 29.2 Å². The first kappa shape index (κ1) is 23.7. The van der Waals surface area contributed by atoms with E-state index in [1.807, 2.05) is 35.2 Å². The summed E-state index contributed by atoms with van der Waals surface area (Å²) < 4.78 is 5.47. The van der Waals surface area contributed by atoms with Crippen molar-refractivity contribution in [3.8, 4) is 5.75 Å². The Morgan fingerprint density at radius 2 is 1.76 bits per heavy atom. The number of nitrogens with zero attached hydrogens (tertiary/aromatic N) is 2. The Morgan fingerprint density at radius 1 is 1.00 bits per heavy atom. The average molecular weight is 511 g/mol. The van der Waals surface area contributed by atoms with E-state index in [9.17, 15) is 19.2 Å². The minimum atomic E-state index is -0.224. The number of amides is 4. The van der Waals surface area contributed by atoms with Crippen molar-refractivity contribution >= 4 is 35.5 Å². The largest absolute Gasteiger partial charge is 0.482 e. The van der Waals surface area contributed by atoms with Crippen LogP contribution in [0.2, 0.25) is 0 Å². The first-order valence-corrected chi connectivity index (χ1v) is 12.6. The SMILES string of the molecule is O=CN1Cc2ccc(NC(=O)c3ccc(CN(C(=O)c4ccc5c(c4)OCC(=O)N5)C4CC4)cc3)cc2C1. The zero-order valence-corrected chi connectivity index (χ0v) is 20.6. The zero-order chi connectivity index (χ0) is 26.2. The van der Waals surface area contributed by atoms with Gasteiger partial charge in [-0.2, -0.15) is 0 Å². The van der Waals surface area contributed by atoms with E-state index in [-0.39, 0.29) is 30.4 Å². The van der Waals surface area contributed by atoms with E-state index in [0.717, 1.165) is 35.9 Å². The van der Waals surface area contributed by atoms with Gasteiger partial charge in [0, 0.05) is 42.5 Å². The van der Waals surface area contributed by atoms with Gasteiger partial charge in [0.15, 0.2) is 6.61 Å². The molecule has 0 saturated heterocycles. The second-order valence-electron chi connectivity index (χ2n) is 9.86. The minimum absolute atomic E-state index is 0.0673. The van der Waals surface area contributed by atoms with Gasteiger partial charge in [-0.3, -0.25) is 19.2 Å². The summed E-state index contributed by atoms with van der Waals surface area (Å²) in [4.78, 5) is 52.3. The molecule has 3 aliphatic rings. The molecule has 0 aromatic heterocycles. The molecule has 4 amide bonds. The van der Waals surface area contributed by atoms with Crippen molar-refractivity contribution in [2.24, 2.45) is 0 Å². The minimum Gasteiger partial charge on any atom is -0.482 e. The van der Waals surface area contributed by atoms with E-state index < -0.39 is 0 Å². The van der Waals surface area contributed by atoms with Gasteiger partial charge in [0.05, 0.1) is 5.69 Å². The number of fused-ring (bicyclic) bond motifs is 2. The third kappa shape index (κ3) is 4.82. The third-order valence-electron chi connectivity index (χ3n) is 7.04. The van der Waals surface area contributed by atoms with Crippen molar-refractivity contribution in [1.29, 1.82) is 0 Å². The topological polar surface area (TPSA) is 108 Å². The van der Waals surface area contributed by atoms with Gasteiger partial charge in [-0.25, -0.2) is 0 Å². The van der Waals surface area contributed by atoms with Crippen molar-refractivity contribution in [2.75, 3.05) is 17.2 Å². The summed E-state index contributed by atoms with van der Waals surface area (Å²) >= 11 is 0. The normalized spacial score (nSPS) is 15.6. The number of hydrogen-bond donors (Lipinski definition) is 2. The van der Waals surface area contributed by atoms with Crippen LogP contribution >= 0.6 is 0 Å². The molecule has 2 N–H and O–H groups in total. The quantitative estimate of drug-likeness (QED) is 0.473. The van der Waals surface area contributed by atoms with Crippen LogP contribution in [0.15, 0.2) is 60.7 Å². The maximum absolute atomic E-state index is 13.4. The molecule has 3 aromatic carbocycles. The lowest BCUT2D eigenvalue weighted by Crippen LogP contribution is -2.33. The molecule has 6 rings (SSSR count). The molecular weight excluding hydrogens is 484 g/mol. The van der Waals surface area contributed by atoms with Crippen LogP contribution in [0.5, 0.6) is 5.75 Å². The number of nitrogens with one attached hydrogen (secondary N) is 2. The van der Waals surface area contributed by atoms with Gasteiger partial charge in [0.1, 0.15) is 5.75 Å². The van der Waals surface area contributed by atoms with Crippen LogP contribution in [0.4, 0.5) is 11.4 Å². The molecule has 2 heterocycles. The maximum atomic E-state index is 13.4. The first-order valence-electron chi connectivity index (χ1n) is 12.6. The standard InChI is InChI=1S/C29H26N4O5/c34-17-32-14-21-5-7-23(11-22(21)15-32)30-28(36)19-3-1-18(2-4-19)13-33(24-8-9-24)29(37)20-6-10-25-26(12-20)38-16-27(35)31-25/h1-7,10-12,17,24H,8-9,13-16H2,(H,30,36)(H,31,35). The van der Waals surface area contributed by atoms with Gasteiger partial charge in [-0.05, 0) is 72.0 Å². The van der Waals surface area contributed by atoms with Crippen LogP contribution in [0.3, 0.4) is 0 Å². The fourth-order valence-electron chi connectivity index (χ4n) is 4.86. The van der Waals surface area contributed by atoms with Gasteiger partial charge in [-0.15, -0.1) is 0 Å². The summed E-state index contributed by atoms with van der Waals surface area (Å²) in [6, 6.07) is 18.2. The summed E-state index contributed by atoms with van der Waals surface area (Å²) in [5.41, 5.74) is 5.32. The van der Waals surface area contributed by atoms with E-state index in [0.29, 0.717) is 47.9 Å². The van der Waals surface area contributed by atoms with Crippen molar-refractivity contribution in [3.05, 3.63) is 88.5 Å². The second kappa shape index (κ2) is 9.66. The third-order valence-corrected chi connectivity index (χ3v) is 7.04. The summed E-state index contributed by atoms with van der Waals surface area (Å²) in [6.45, 7) is 1.50. The van der Waals surface area contributed by atoms with Crippen LogP contribution in [0.1, 0.15) is 50.2 Å². The molecule has 1 fully saturated rings. The van der Waals surface area contributed by atoms with E-state index in [4.69, 9.17) is 4.74 Å². The molecule has 0 unspecified atom stereocenters. The van der Waals surface area contributed by atoms with E-state index in [2.05, 4.69) is 10.6 Å². The first-order chi connectivity index (χ1) is 18.5. The van der Waals surface area contributed by atoms with E-state index in [1.54, 1.807) is 35.2 Å². The predicted molar refractivity (Wildman–Crippen MR) is 140 cm³/mol. The van der Waals surface area contributed by atoms with Crippen molar-refractivity contribution in [2.45, 2.75) is 38.5 Å². The second-order valence-corrected chi connectivity index (χ2v) is 9.86. The van der Waals surface area contributed by atoms with Gasteiger partial charge >= 0.3 is 0 Å². The lowest BCUT2D eigenvalue weighted by atomic mass is 10.1. The molecule has 192 valence electrons. The highest BCUT2D eigenvalue weighted by molar-refractivity contribution is 6.04. The van der Waals surface area contributed by atoms with Gasteiger partial charge in [0.25, 0.3) is 17.7 Å². The average Bonchev–Trinajstić information content (AvgIpc) is 3.69. The number of rotatable bonds is 7. The Morgan fingerprint density at radius 3 is 2.53 bits per heavy atom. The highest BCUT2D eigenvalue weighted by Crippen LogP contribution is 2.33. The van der Waals surface area contributed by atoms with Gasteiger partial charge in [-0.1, -0.05) is 18.2 Å². The molecule has 3 aromatic rings. The Hall–Kier alpha value is -4.66. The van der Waals surface area contributed by atoms with Crippen LogP contribution < -0.4 is 15.4 Å². The molecular formula is C29H26N4O5. The van der Waals surface area contributed by atoms with Crippen LogP contribution in [0, 0.1) is 0 Å². The lowest BCUT2D eigenvalue weighted by molar-refractivity contribution is -0.119. The summed E-state index contributed by atoms with van der Waals surface area (Å²) in [7, 11) is 0. The Kier molecular flexibility index (Phi) is 6.03. The Balaban J connectivity index is 1.12. The molecule has 0 radical (unpaired) electrons.